The zero-order valence-corrected chi connectivity index (χ0v) is 58.3. The van der Waals surface area contributed by atoms with Crippen LogP contribution in [0, 0.1) is 0 Å². The van der Waals surface area contributed by atoms with Gasteiger partial charge in [-0.2, -0.15) is 0 Å². The highest BCUT2D eigenvalue weighted by atomic mass is 31.2. The van der Waals surface area contributed by atoms with E-state index in [9.17, 15) is 19.0 Å². The van der Waals surface area contributed by atoms with Crippen molar-refractivity contribution in [2.45, 2.75) is 380 Å². The summed E-state index contributed by atoms with van der Waals surface area (Å²) in [7, 11) is 1.51. The van der Waals surface area contributed by atoms with Crippen molar-refractivity contribution in [3.05, 3.63) is 48.6 Å². The van der Waals surface area contributed by atoms with E-state index in [2.05, 4.69) is 68.6 Å². The van der Waals surface area contributed by atoms with Crippen LogP contribution in [0.15, 0.2) is 48.6 Å². The Balaban J connectivity index is 5.01. The minimum atomic E-state index is -4.45. The first-order valence-corrected chi connectivity index (χ1v) is 38.5. The molecule has 0 aliphatic heterocycles. The van der Waals surface area contributed by atoms with Crippen molar-refractivity contribution in [1.82, 2.24) is 5.32 Å². The van der Waals surface area contributed by atoms with Crippen LogP contribution in [0.25, 0.3) is 0 Å². The summed E-state index contributed by atoms with van der Waals surface area (Å²) in [5, 5.41) is 3.08. The summed E-state index contributed by atoms with van der Waals surface area (Å²) >= 11 is 0. The molecule has 0 saturated carbocycles. The number of phosphoric acid groups is 1. The maximum absolute atomic E-state index is 13.6. The molecule has 0 saturated heterocycles. The van der Waals surface area contributed by atoms with Gasteiger partial charge in [0.25, 0.3) is 0 Å². The molecule has 0 rings (SSSR count). The molecule has 1 amide bonds. The molecule has 2 N–H and O–H groups in total. The quantitative estimate of drug-likeness (QED) is 0.0205. The van der Waals surface area contributed by atoms with E-state index in [4.69, 9.17) is 13.8 Å². The fraction of sp³-hybridized carbons (Fsp3) is 0.867. The second kappa shape index (κ2) is 64.9. The lowest BCUT2D eigenvalue weighted by Gasteiger charge is -2.27. The summed E-state index contributed by atoms with van der Waals surface area (Å²) in [6.45, 7) is 7.05. The van der Waals surface area contributed by atoms with Gasteiger partial charge in [-0.3, -0.25) is 18.6 Å². The van der Waals surface area contributed by atoms with Gasteiger partial charge in [0, 0.05) is 12.8 Å². The maximum atomic E-state index is 13.6. The van der Waals surface area contributed by atoms with Gasteiger partial charge in [-0.05, 0) is 70.3 Å². The zero-order chi connectivity index (χ0) is 62.1. The molecule has 0 spiro atoms. The number of likely N-dealkylation sites (N-methyl/N-ethyl adjacent to an activating group) is 1. The van der Waals surface area contributed by atoms with Crippen LogP contribution in [0.1, 0.15) is 367 Å². The topological polar surface area (TPSA) is 111 Å². The van der Waals surface area contributed by atoms with Gasteiger partial charge in [-0.25, -0.2) is 4.57 Å². The number of hydrogen-bond donors (Lipinski definition) is 2. The molecule has 9 nitrogen and oxygen atoms in total. The predicted octanol–water partition coefficient (Wildman–Crippen LogP) is 23.6. The van der Waals surface area contributed by atoms with Crippen molar-refractivity contribution in [1.29, 1.82) is 0 Å². The number of esters is 1. The lowest BCUT2D eigenvalue weighted by Crippen LogP contribution is -2.47. The lowest BCUT2D eigenvalue weighted by molar-refractivity contribution is -0.870. The molecule has 0 aromatic rings. The summed E-state index contributed by atoms with van der Waals surface area (Å²) < 4.78 is 30.9. The molecule has 85 heavy (non-hydrogen) atoms. The Kier molecular flexibility index (Phi) is 63.4. The lowest BCUT2D eigenvalue weighted by atomic mass is 10.0. The third kappa shape index (κ3) is 66.2. The summed E-state index contributed by atoms with van der Waals surface area (Å²) in [6, 6.07) is -0.846. The summed E-state index contributed by atoms with van der Waals surface area (Å²) in [5.74, 6) is -0.485. The van der Waals surface area contributed by atoms with E-state index in [1.54, 1.807) is 0 Å². The van der Waals surface area contributed by atoms with Crippen molar-refractivity contribution >= 4 is 19.7 Å². The Hall–Kier alpha value is -2.03. The van der Waals surface area contributed by atoms with Gasteiger partial charge in [-0.1, -0.05) is 333 Å². The number of nitrogens with one attached hydrogen (secondary N) is 1. The van der Waals surface area contributed by atoms with Gasteiger partial charge in [0.15, 0.2) is 0 Å². The largest absolute Gasteiger partial charge is 0.472 e. The summed E-state index contributed by atoms with van der Waals surface area (Å²) in [5.41, 5.74) is 0. The Labute approximate surface area is 529 Å². The minimum absolute atomic E-state index is 0.0427. The number of amides is 1. The highest BCUT2D eigenvalue weighted by Gasteiger charge is 2.30. The number of ether oxygens (including phenoxy) is 1. The average Bonchev–Trinajstić information content (AvgIpc) is 3.50. The van der Waals surface area contributed by atoms with Crippen LogP contribution in [0.2, 0.25) is 0 Å². The number of carbonyl (C=O) groups is 2. The van der Waals surface area contributed by atoms with Crippen LogP contribution in [0.5, 0.6) is 0 Å². The van der Waals surface area contributed by atoms with E-state index in [0.29, 0.717) is 23.9 Å². The number of quaternary nitrogens is 1. The highest BCUT2D eigenvalue weighted by Crippen LogP contribution is 2.43. The molecular weight excluding hydrogens is 1070 g/mol. The standard InChI is InChI=1S/C75H143N2O7P/c1-7-10-13-16-19-22-25-28-30-32-34-35-36-37-38-39-40-41-43-45-47-50-53-56-59-62-65-68-75(79)84-73(66-63-60-57-54-51-48-27-24-21-18-15-12-9-3)72(71-83-85(80,81)82-70-69-77(4,5)6)76-74(78)67-64-61-58-55-52-49-46-44-42-33-31-29-26-23-20-17-14-11-8-2/h19,22,28,30,34-35,63,66,72-73H,7-18,20-21,23-27,29,31-33,36-62,64-65,67-71H2,1-6H3,(H-,76,78,80,81)/p+1/b22-19-,30-28-,35-34-,66-63+. The van der Waals surface area contributed by atoms with E-state index >= 15 is 0 Å². The first kappa shape index (κ1) is 83.0. The van der Waals surface area contributed by atoms with Crippen LogP contribution < -0.4 is 5.32 Å². The first-order chi connectivity index (χ1) is 41.4. The molecular formula is C75H144N2O7P+. The number of carbonyl (C=O) groups excluding carboxylic acids is 2. The van der Waals surface area contributed by atoms with Crippen molar-refractivity contribution < 1.29 is 37.3 Å². The second-order valence-corrected chi connectivity index (χ2v) is 27.9. The molecule has 10 heteroatoms. The Morgan fingerprint density at radius 2 is 0.718 bits per heavy atom. The van der Waals surface area contributed by atoms with Crippen LogP contribution >= 0.6 is 7.82 Å². The molecule has 0 fully saturated rings. The van der Waals surface area contributed by atoms with Crippen LogP contribution in [0.4, 0.5) is 0 Å². The van der Waals surface area contributed by atoms with Gasteiger partial charge < -0.3 is 19.4 Å². The molecule has 0 heterocycles. The number of unbranched alkanes of at least 4 members (excludes halogenated alkanes) is 46. The van der Waals surface area contributed by atoms with Crippen LogP contribution in [-0.2, 0) is 27.9 Å². The van der Waals surface area contributed by atoms with Crippen molar-refractivity contribution in [3.63, 3.8) is 0 Å². The molecule has 0 radical (unpaired) electrons. The van der Waals surface area contributed by atoms with E-state index in [1.807, 2.05) is 27.2 Å². The normalized spacial score (nSPS) is 13.7. The van der Waals surface area contributed by atoms with Crippen LogP contribution in [-0.4, -0.2) is 74.3 Å². The predicted molar refractivity (Wildman–Crippen MR) is 369 cm³/mol. The third-order valence-electron chi connectivity index (χ3n) is 16.8. The van der Waals surface area contributed by atoms with Gasteiger partial charge in [0.1, 0.15) is 19.3 Å². The van der Waals surface area contributed by atoms with Crippen molar-refractivity contribution in [2.75, 3.05) is 40.9 Å². The van der Waals surface area contributed by atoms with Crippen LogP contribution in [0.3, 0.4) is 0 Å². The summed E-state index contributed by atoms with van der Waals surface area (Å²) in [6.07, 6.45) is 82.7. The maximum Gasteiger partial charge on any atom is 0.472 e. The molecule has 500 valence electrons. The Morgan fingerprint density at radius 1 is 0.412 bits per heavy atom. The smallest absolute Gasteiger partial charge is 0.456 e. The van der Waals surface area contributed by atoms with Gasteiger partial charge in [-0.15, -0.1) is 0 Å². The number of allylic oxidation sites excluding steroid dienone is 7. The first-order valence-electron chi connectivity index (χ1n) is 37.0. The number of rotatable bonds is 68. The minimum Gasteiger partial charge on any atom is -0.456 e. The van der Waals surface area contributed by atoms with Crippen molar-refractivity contribution in [3.8, 4) is 0 Å². The monoisotopic (exact) mass is 1220 g/mol. The zero-order valence-electron chi connectivity index (χ0n) is 57.4. The number of nitrogens with zero attached hydrogens (tertiary/aromatic N) is 1. The van der Waals surface area contributed by atoms with E-state index < -0.39 is 20.0 Å². The Morgan fingerprint density at radius 3 is 1.09 bits per heavy atom. The summed E-state index contributed by atoms with van der Waals surface area (Å²) in [4.78, 5) is 38.0. The Bertz CT molecular complexity index is 1590. The fourth-order valence-corrected chi connectivity index (χ4v) is 11.8. The van der Waals surface area contributed by atoms with Gasteiger partial charge in [0.05, 0.1) is 33.8 Å². The second-order valence-electron chi connectivity index (χ2n) is 26.5. The number of phosphoric ester groups is 1. The molecule has 0 aliphatic rings. The average molecular weight is 1220 g/mol. The SMILES string of the molecule is CCCCC/C=C\C/C=C\C/C=C\CCCCCCCCCCCCCCCCC(=O)OC(/C=C/CCCCCCCCCCCCC)C(COP(=O)(O)OCC[N+](C)(C)C)NC(=O)CCCCCCCCCCCCCCCCCCCCC. The molecule has 0 aliphatic carbocycles. The molecule has 0 bridgehead atoms. The highest BCUT2D eigenvalue weighted by molar-refractivity contribution is 7.47. The van der Waals surface area contributed by atoms with Gasteiger partial charge >= 0.3 is 13.8 Å². The molecule has 3 unspecified atom stereocenters. The van der Waals surface area contributed by atoms with Gasteiger partial charge in [0.2, 0.25) is 5.91 Å². The van der Waals surface area contributed by atoms with E-state index in [1.165, 1.54) is 263 Å². The van der Waals surface area contributed by atoms with Crippen molar-refractivity contribution in [2.24, 2.45) is 0 Å². The van der Waals surface area contributed by atoms with E-state index in [0.717, 1.165) is 70.6 Å². The molecule has 3 atom stereocenters. The van der Waals surface area contributed by atoms with E-state index in [-0.39, 0.29) is 25.1 Å². The third-order valence-corrected chi connectivity index (χ3v) is 17.8. The fourth-order valence-electron chi connectivity index (χ4n) is 11.1. The number of hydrogen-bond acceptors (Lipinski definition) is 6. The molecule has 0 aromatic carbocycles. The molecule has 0 aromatic heterocycles.